The quantitative estimate of drug-likeness (QED) is 0.885. The van der Waals surface area contributed by atoms with Gasteiger partial charge in [-0.2, -0.15) is 0 Å². The molecule has 2 atom stereocenters. The van der Waals surface area contributed by atoms with Gasteiger partial charge in [0.1, 0.15) is 0 Å². The average molecular weight is 324 g/mol. The van der Waals surface area contributed by atoms with E-state index in [0.29, 0.717) is 0 Å². The van der Waals surface area contributed by atoms with Crippen LogP contribution in [-0.2, 0) is 6.61 Å². The Labute approximate surface area is 123 Å². The molecular formula is C16H22BrNO. The molecule has 1 aliphatic heterocycles. The van der Waals surface area contributed by atoms with E-state index in [0.717, 1.165) is 22.0 Å². The molecule has 2 fully saturated rings. The molecular weight excluding hydrogens is 302 g/mol. The van der Waals surface area contributed by atoms with Crippen molar-refractivity contribution in [1.82, 2.24) is 0 Å². The Bertz CT molecular complexity index is 446. The van der Waals surface area contributed by atoms with Crippen LogP contribution in [0.4, 0.5) is 5.69 Å². The summed E-state index contributed by atoms with van der Waals surface area (Å²) in [6, 6.07) is 7.15. The molecule has 0 amide bonds. The van der Waals surface area contributed by atoms with Crippen molar-refractivity contribution in [2.75, 3.05) is 11.4 Å². The highest BCUT2D eigenvalue weighted by Gasteiger charge is 2.33. The number of aliphatic hydroxyl groups is 1. The Morgan fingerprint density at radius 2 is 1.95 bits per heavy atom. The average Bonchev–Trinajstić information content (AvgIpc) is 2.46. The number of aliphatic hydroxyl groups excluding tert-OH is 1. The number of hydrogen-bond donors (Lipinski definition) is 1. The van der Waals surface area contributed by atoms with Gasteiger partial charge in [0.05, 0.1) is 6.61 Å². The molecule has 3 rings (SSSR count). The van der Waals surface area contributed by atoms with Crippen LogP contribution in [0.25, 0.3) is 0 Å². The smallest absolute Gasteiger partial charge is 0.0692 e. The second-order valence-electron chi connectivity index (χ2n) is 5.88. The van der Waals surface area contributed by atoms with Crippen molar-refractivity contribution in [1.29, 1.82) is 0 Å². The van der Waals surface area contributed by atoms with Gasteiger partial charge in [-0.05, 0) is 49.3 Å². The minimum atomic E-state index is 0.104. The third-order valence-corrected chi connectivity index (χ3v) is 5.52. The first-order valence-corrected chi connectivity index (χ1v) is 8.25. The van der Waals surface area contributed by atoms with Gasteiger partial charge in [-0.25, -0.2) is 0 Å². The van der Waals surface area contributed by atoms with Gasteiger partial charge in [0.2, 0.25) is 0 Å². The summed E-state index contributed by atoms with van der Waals surface area (Å²) in [6.45, 7) is 1.29. The van der Waals surface area contributed by atoms with Gasteiger partial charge in [0.15, 0.2) is 0 Å². The lowest BCUT2D eigenvalue weighted by molar-refractivity contribution is 0.243. The molecule has 1 heterocycles. The molecule has 0 aromatic heterocycles. The van der Waals surface area contributed by atoms with E-state index >= 15 is 0 Å². The van der Waals surface area contributed by atoms with Crippen LogP contribution >= 0.6 is 15.9 Å². The number of piperidine rings is 1. The minimum Gasteiger partial charge on any atom is -0.392 e. The van der Waals surface area contributed by atoms with Crippen molar-refractivity contribution in [2.45, 2.75) is 51.2 Å². The molecule has 1 aromatic carbocycles. The molecule has 0 radical (unpaired) electrons. The van der Waals surface area contributed by atoms with E-state index in [1.807, 2.05) is 6.07 Å². The topological polar surface area (TPSA) is 23.5 Å². The minimum absolute atomic E-state index is 0.104. The summed E-state index contributed by atoms with van der Waals surface area (Å²) >= 11 is 3.58. The molecule has 3 heteroatoms. The van der Waals surface area contributed by atoms with E-state index in [1.165, 1.54) is 50.8 Å². The second kappa shape index (κ2) is 5.84. The SMILES string of the molecule is OCc1ccc(N2CCCC3CCCCC32)cc1Br. The highest BCUT2D eigenvalue weighted by Crippen LogP contribution is 2.38. The molecule has 1 aliphatic carbocycles. The van der Waals surface area contributed by atoms with E-state index in [-0.39, 0.29) is 6.61 Å². The van der Waals surface area contributed by atoms with E-state index in [2.05, 4.69) is 33.0 Å². The van der Waals surface area contributed by atoms with Gasteiger partial charge >= 0.3 is 0 Å². The number of rotatable bonds is 2. The first-order valence-electron chi connectivity index (χ1n) is 7.45. The number of halogens is 1. The lowest BCUT2D eigenvalue weighted by Gasteiger charge is -2.45. The van der Waals surface area contributed by atoms with Gasteiger partial charge in [0, 0.05) is 22.7 Å². The summed E-state index contributed by atoms with van der Waals surface area (Å²) in [6.07, 6.45) is 8.30. The standard InChI is InChI=1S/C16H22BrNO/c17-15-10-14(8-7-13(15)11-19)18-9-3-5-12-4-1-2-6-16(12)18/h7-8,10,12,16,19H,1-6,9,11H2. The molecule has 1 saturated heterocycles. The third kappa shape index (κ3) is 2.68. The van der Waals surface area contributed by atoms with Crippen molar-refractivity contribution in [2.24, 2.45) is 5.92 Å². The van der Waals surface area contributed by atoms with Gasteiger partial charge in [-0.3, -0.25) is 0 Å². The van der Waals surface area contributed by atoms with E-state index in [1.54, 1.807) is 0 Å². The number of fused-ring (bicyclic) bond motifs is 1. The van der Waals surface area contributed by atoms with Crippen LogP contribution in [0.15, 0.2) is 22.7 Å². The second-order valence-corrected chi connectivity index (χ2v) is 6.74. The maximum absolute atomic E-state index is 9.26. The zero-order valence-corrected chi connectivity index (χ0v) is 12.9. The number of hydrogen-bond acceptors (Lipinski definition) is 2. The Morgan fingerprint density at radius 3 is 2.74 bits per heavy atom. The van der Waals surface area contributed by atoms with Crippen LogP contribution in [0.2, 0.25) is 0 Å². The zero-order valence-electron chi connectivity index (χ0n) is 11.3. The number of benzene rings is 1. The molecule has 1 saturated carbocycles. The van der Waals surface area contributed by atoms with Gasteiger partial charge in [-0.15, -0.1) is 0 Å². The van der Waals surface area contributed by atoms with Crippen molar-refractivity contribution in [3.05, 3.63) is 28.2 Å². The fourth-order valence-corrected chi connectivity index (χ4v) is 4.28. The van der Waals surface area contributed by atoms with Crippen molar-refractivity contribution in [3.63, 3.8) is 0 Å². The largest absolute Gasteiger partial charge is 0.392 e. The molecule has 2 unspecified atom stereocenters. The van der Waals surface area contributed by atoms with E-state index in [9.17, 15) is 5.11 Å². The van der Waals surface area contributed by atoms with E-state index in [4.69, 9.17) is 0 Å². The Kier molecular flexibility index (Phi) is 4.13. The maximum atomic E-state index is 9.26. The first kappa shape index (κ1) is 13.4. The molecule has 0 spiro atoms. The summed E-state index contributed by atoms with van der Waals surface area (Å²) < 4.78 is 1.03. The van der Waals surface area contributed by atoms with Crippen LogP contribution in [-0.4, -0.2) is 17.7 Å². The predicted octanol–water partition coefficient (Wildman–Crippen LogP) is 4.10. The summed E-state index contributed by atoms with van der Waals surface area (Å²) in [4.78, 5) is 2.61. The van der Waals surface area contributed by atoms with Gasteiger partial charge in [0.25, 0.3) is 0 Å². The van der Waals surface area contributed by atoms with Crippen LogP contribution in [0.5, 0.6) is 0 Å². The Morgan fingerprint density at radius 1 is 1.16 bits per heavy atom. The van der Waals surface area contributed by atoms with Crippen LogP contribution in [0, 0.1) is 5.92 Å². The fourth-order valence-electron chi connectivity index (χ4n) is 3.79. The number of nitrogens with zero attached hydrogens (tertiary/aromatic N) is 1. The van der Waals surface area contributed by atoms with Crippen LogP contribution < -0.4 is 4.90 Å². The Balaban J connectivity index is 1.85. The molecule has 2 nitrogen and oxygen atoms in total. The molecule has 1 N–H and O–H groups in total. The highest BCUT2D eigenvalue weighted by atomic mass is 79.9. The summed E-state index contributed by atoms with van der Waals surface area (Å²) in [5.41, 5.74) is 2.29. The summed E-state index contributed by atoms with van der Waals surface area (Å²) in [7, 11) is 0. The van der Waals surface area contributed by atoms with Crippen LogP contribution in [0.1, 0.15) is 44.1 Å². The van der Waals surface area contributed by atoms with E-state index < -0.39 is 0 Å². The summed E-state index contributed by atoms with van der Waals surface area (Å²) in [5, 5.41) is 9.26. The first-order chi connectivity index (χ1) is 9.29. The third-order valence-electron chi connectivity index (χ3n) is 4.78. The predicted molar refractivity (Wildman–Crippen MR) is 82.4 cm³/mol. The lowest BCUT2D eigenvalue weighted by Crippen LogP contribution is -2.46. The van der Waals surface area contributed by atoms with Crippen LogP contribution in [0.3, 0.4) is 0 Å². The summed E-state index contributed by atoms with van der Waals surface area (Å²) in [5.74, 6) is 0.902. The molecule has 104 valence electrons. The fraction of sp³-hybridized carbons (Fsp3) is 0.625. The zero-order chi connectivity index (χ0) is 13.2. The monoisotopic (exact) mass is 323 g/mol. The molecule has 19 heavy (non-hydrogen) atoms. The lowest BCUT2D eigenvalue weighted by atomic mass is 9.78. The Hall–Kier alpha value is -0.540. The highest BCUT2D eigenvalue weighted by molar-refractivity contribution is 9.10. The molecule has 1 aromatic rings. The van der Waals surface area contributed by atoms with Crippen molar-refractivity contribution < 1.29 is 5.11 Å². The van der Waals surface area contributed by atoms with Gasteiger partial charge < -0.3 is 10.0 Å². The number of anilines is 1. The molecule has 0 bridgehead atoms. The molecule has 2 aliphatic rings. The van der Waals surface area contributed by atoms with Crippen molar-refractivity contribution in [3.8, 4) is 0 Å². The maximum Gasteiger partial charge on any atom is 0.0692 e. The normalized spacial score (nSPS) is 27.2. The van der Waals surface area contributed by atoms with Crippen molar-refractivity contribution >= 4 is 21.6 Å². The van der Waals surface area contributed by atoms with Gasteiger partial charge in [-0.1, -0.05) is 34.8 Å².